The van der Waals surface area contributed by atoms with Crippen LogP contribution >= 0.6 is 0 Å². The Morgan fingerprint density at radius 2 is 1.94 bits per heavy atom. The summed E-state index contributed by atoms with van der Waals surface area (Å²) in [6.07, 6.45) is 1.49. The lowest BCUT2D eigenvalue weighted by Gasteiger charge is -2.09. The number of hydrogen-bond acceptors (Lipinski definition) is 5. The van der Waals surface area contributed by atoms with Gasteiger partial charge < -0.3 is 19.8 Å². The average Bonchev–Trinajstić information content (AvgIpc) is 3.05. The third-order valence-electron chi connectivity index (χ3n) is 4.68. The lowest BCUT2D eigenvalue weighted by molar-refractivity contribution is 0.0376. The van der Waals surface area contributed by atoms with Crippen molar-refractivity contribution >= 4 is 11.9 Å². The third-order valence-corrected chi connectivity index (χ3v) is 4.68. The molecule has 2 N–H and O–H groups in total. The molecule has 0 saturated carbocycles. The number of esters is 1. The van der Waals surface area contributed by atoms with Gasteiger partial charge in [-0.25, -0.2) is 4.79 Å². The number of pyridine rings is 1. The van der Waals surface area contributed by atoms with Crippen LogP contribution in [-0.4, -0.2) is 27.9 Å². The monoisotopic (exact) mass is 421 g/mol. The summed E-state index contributed by atoms with van der Waals surface area (Å²) in [6, 6.07) is 13.2. The van der Waals surface area contributed by atoms with E-state index in [1.165, 1.54) is 0 Å². The van der Waals surface area contributed by atoms with E-state index in [9.17, 15) is 9.59 Å². The smallest absolute Gasteiger partial charge is 0.340 e. The zero-order valence-corrected chi connectivity index (χ0v) is 18.2. The van der Waals surface area contributed by atoms with Crippen molar-refractivity contribution < 1.29 is 19.1 Å². The molecule has 7 heteroatoms. The van der Waals surface area contributed by atoms with E-state index in [0.717, 1.165) is 11.3 Å². The minimum absolute atomic E-state index is 0.231. The fourth-order valence-corrected chi connectivity index (χ4v) is 3.21. The molecule has 0 unspecified atom stereocenters. The maximum absolute atomic E-state index is 12.7. The van der Waals surface area contributed by atoms with E-state index in [1.54, 1.807) is 33.9 Å². The zero-order chi connectivity index (χ0) is 22.4. The fourth-order valence-electron chi connectivity index (χ4n) is 3.21. The van der Waals surface area contributed by atoms with E-state index in [4.69, 9.17) is 9.47 Å². The molecule has 1 amide bonds. The summed E-state index contributed by atoms with van der Waals surface area (Å²) in [5.74, 6) is -0.0231. The summed E-state index contributed by atoms with van der Waals surface area (Å²) >= 11 is 0. The summed E-state index contributed by atoms with van der Waals surface area (Å²) in [7, 11) is 0. The molecule has 0 fully saturated rings. The van der Waals surface area contributed by atoms with E-state index in [1.807, 2.05) is 42.5 Å². The van der Waals surface area contributed by atoms with Crippen molar-refractivity contribution in [3.05, 3.63) is 82.4 Å². The number of nitrogens with zero attached hydrogens (tertiary/aromatic N) is 1. The maximum Gasteiger partial charge on any atom is 0.340 e. The molecule has 0 saturated heterocycles. The minimum Gasteiger partial charge on any atom is -0.487 e. The molecule has 0 spiro atoms. The second-order valence-electron chi connectivity index (χ2n) is 7.52. The van der Waals surface area contributed by atoms with E-state index in [2.05, 4.69) is 15.3 Å². The van der Waals surface area contributed by atoms with Crippen molar-refractivity contribution in [3.63, 3.8) is 0 Å². The van der Waals surface area contributed by atoms with Gasteiger partial charge in [0.2, 0.25) is 0 Å². The zero-order valence-electron chi connectivity index (χ0n) is 18.2. The first kappa shape index (κ1) is 22.1. The number of nitrogens with one attached hydrogen (secondary N) is 2. The van der Waals surface area contributed by atoms with Gasteiger partial charge >= 0.3 is 5.97 Å². The summed E-state index contributed by atoms with van der Waals surface area (Å²) in [5.41, 5.74) is 3.68. The molecular formula is C24H27N3O4. The predicted molar refractivity (Wildman–Crippen MR) is 117 cm³/mol. The van der Waals surface area contributed by atoms with E-state index < -0.39 is 5.97 Å². The normalized spacial score (nSPS) is 10.7. The molecule has 0 aliphatic heterocycles. The Morgan fingerprint density at radius 1 is 1.13 bits per heavy atom. The molecule has 0 radical (unpaired) electrons. The van der Waals surface area contributed by atoms with Gasteiger partial charge in [0.15, 0.2) is 0 Å². The van der Waals surface area contributed by atoms with Gasteiger partial charge in [-0.3, -0.25) is 9.78 Å². The molecule has 2 heterocycles. The molecule has 0 aliphatic carbocycles. The van der Waals surface area contributed by atoms with Crippen molar-refractivity contribution in [3.8, 4) is 5.75 Å². The van der Waals surface area contributed by atoms with Crippen LogP contribution in [0.25, 0.3) is 0 Å². The minimum atomic E-state index is -0.432. The van der Waals surface area contributed by atoms with Gasteiger partial charge in [0.1, 0.15) is 18.1 Å². The van der Waals surface area contributed by atoms with Crippen LogP contribution in [0.4, 0.5) is 0 Å². The molecule has 3 aromatic rings. The molecule has 0 bridgehead atoms. The number of carbonyl (C=O) groups is 2. The number of carbonyl (C=O) groups excluding carboxylic acids is 2. The van der Waals surface area contributed by atoms with Gasteiger partial charge in [-0.1, -0.05) is 18.2 Å². The van der Waals surface area contributed by atoms with Crippen LogP contribution in [0.3, 0.4) is 0 Å². The SMILES string of the molecule is Cc1[nH]c(C(=O)NCc2cccc(OCc3ccccn3)c2)c(C)c1C(=O)OC(C)C. The van der Waals surface area contributed by atoms with E-state index in [-0.39, 0.29) is 12.0 Å². The first-order valence-electron chi connectivity index (χ1n) is 10.1. The molecular weight excluding hydrogens is 394 g/mol. The summed E-state index contributed by atoms with van der Waals surface area (Å²) in [4.78, 5) is 32.3. The number of aryl methyl sites for hydroxylation is 1. The Morgan fingerprint density at radius 3 is 2.65 bits per heavy atom. The Balaban J connectivity index is 1.63. The number of benzene rings is 1. The third kappa shape index (κ3) is 5.72. The van der Waals surface area contributed by atoms with E-state index in [0.29, 0.717) is 41.4 Å². The highest BCUT2D eigenvalue weighted by atomic mass is 16.5. The first-order valence-corrected chi connectivity index (χ1v) is 10.1. The van der Waals surface area contributed by atoms with Crippen LogP contribution in [0.15, 0.2) is 48.7 Å². The van der Waals surface area contributed by atoms with Gasteiger partial charge in [-0.2, -0.15) is 0 Å². The Kier molecular flexibility index (Phi) is 7.07. The van der Waals surface area contributed by atoms with Gasteiger partial charge in [-0.15, -0.1) is 0 Å². The van der Waals surface area contributed by atoms with Crippen molar-refractivity contribution in [1.29, 1.82) is 0 Å². The Hall–Kier alpha value is -3.61. The van der Waals surface area contributed by atoms with Crippen LogP contribution in [0, 0.1) is 13.8 Å². The molecule has 0 aliphatic rings. The van der Waals surface area contributed by atoms with Crippen molar-refractivity contribution in [1.82, 2.24) is 15.3 Å². The lowest BCUT2D eigenvalue weighted by Crippen LogP contribution is -2.24. The molecule has 0 atom stereocenters. The number of rotatable bonds is 8. The van der Waals surface area contributed by atoms with Crippen LogP contribution in [0.2, 0.25) is 0 Å². The predicted octanol–water partition coefficient (Wildman–Crippen LogP) is 4.10. The second-order valence-corrected chi connectivity index (χ2v) is 7.52. The van der Waals surface area contributed by atoms with Crippen LogP contribution in [0.1, 0.15) is 57.2 Å². The second kappa shape index (κ2) is 9.93. The summed E-state index contributed by atoms with van der Waals surface area (Å²) < 4.78 is 11.1. The largest absolute Gasteiger partial charge is 0.487 e. The van der Waals surface area contributed by atoms with Gasteiger partial charge in [-0.05, 0) is 63.1 Å². The highest BCUT2D eigenvalue weighted by Crippen LogP contribution is 2.20. The number of ether oxygens (including phenoxy) is 2. The number of H-pyrrole nitrogens is 1. The topological polar surface area (TPSA) is 93.3 Å². The molecule has 2 aromatic heterocycles. The number of hydrogen-bond donors (Lipinski definition) is 2. The van der Waals surface area contributed by atoms with Crippen molar-refractivity contribution in [2.75, 3.05) is 0 Å². The summed E-state index contributed by atoms with van der Waals surface area (Å²) in [5, 5.41) is 2.89. The summed E-state index contributed by atoms with van der Waals surface area (Å²) in [6.45, 7) is 7.76. The van der Waals surface area contributed by atoms with Crippen molar-refractivity contribution in [2.45, 2.75) is 47.0 Å². The van der Waals surface area contributed by atoms with Crippen LogP contribution in [-0.2, 0) is 17.9 Å². The average molecular weight is 421 g/mol. The number of amides is 1. The number of aromatic nitrogens is 2. The van der Waals surface area contributed by atoms with Gasteiger partial charge in [0.25, 0.3) is 5.91 Å². The standard InChI is InChI=1S/C24H27N3O4/c1-15(2)31-24(29)21-16(3)22(27-17(21)4)23(28)26-13-18-8-7-10-20(12-18)30-14-19-9-5-6-11-25-19/h5-12,15,27H,13-14H2,1-4H3,(H,26,28). The van der Waals surface area contributed by atoms with Gasteiger partial charge in [0.05, 0.1) is 17.4 Å². The molecule has 1 aromatic carbocycles. The van der Waals surface area contributed by atoms with Crippen LogP contribution in [0.5, 0.6) is 5.75 Å². The highest BCUT2D eigenvalue weighted by molar-refractivity contribution is 6.00. The fraction of sp³-hybridized carbons (Fsp3) is 0.292. The lowest BCUT2D eigenvalue weighted by atomic mass is 10.1. The first-order chi connectivity index (χ1) is 14.8. The maximum atomic E-state index is 12.7. The molecule has 7 nitrogen and oxygen atoms in total. The van der Waals surface area contributed by atoms with Gasteiger partial charge in [0, 0.05) is 18.4 Å². The molecule has 31 heavy (non-hydrogen) atoms. The molecule has 3 rings (SSSR count). The Labute approximate surface area is 181 Å². The number of aromatic amines is 1. The molecule has 162 valence electrons. The van der Waals surface area contributed by atoms with Crippen molar-refractivity contribution in [2.24, 2.45) is 0 Å². The highest BCUT2D eigenvalue weighted by Gasteiger charge is 2.23. The quantitative estimate of drug-likeness (QED) is 0.534. The van der Waals surface area contributed by atoms with E-state index >= 15 is 0 Å². The Bertz CT molecular complexity index is 1060. The van der Waals surface area contributed by atoms with Crippen LogP contribution < -0.4 is 10.1 Å².